The van der Waals surface area contributed by atoms with Crippen molar-refractivity contribution in [2.24, 2.45) is 0 Å². The topological polar surface area (TPSA) is 30.7 Å². The Morgan fingerprint density at radius 1 is 0.481 bits per heavy atom. The number of fused-ring (bicyclic) bond motifs is 6. The zero-order chi connectivity index (χ0) is 36.0. The fraction of sp³-hybridized carbons (Fsp3) is 0.0588. The van der Waals surface area contributed by atoms with Gasteiger partial charge in [-0.05, 0) is 94.8 Å². The molecule has 3 heteroatoms. The summed E-state index contributed by atoms with van der Waals surface area (Å²) in [4.78, 5) is 10.2. The summed E-state index contributed by atoms with van der Waals surface area (Å²) in [6, 6.07) is 65.2. The van der Waals surface area contributed by atoms with Crippen molar-refractivity contribution in [3.63, 3.8) is 0 Å². The van der Waals surface area contributed by atoms with Gasteiger partial charge in [-0.15, -0.1) is 0 Å². The lowest BCUT2D eigenvalue weighted by atomic mass is 9.86. The zero-order valence-corrected chi connectivity index (χ0v) is 30.1. The fourth-order valence-electron chi connectivity index (χ4n) is 8.37. The highest BCUT2D eigenvalue weighted by atomic mass is 15.0. The highest BCUT2D eigenvalue weighted by Crippen LogP contribution is 2.45. The van der Waals surface area contributed by atoms with Crippen LogP contribution in [0.1, 0.15) is 16.7 Å². The molecule has 2 aromatic heterocycles. The maximum Gasteiger partial charge on any atom is 0.160 e. The zero-order valence-electron chi connectivity index (χ0n) is 30.1. The first-order valence-electron chi connectivity index (χ1n) is 18.7. The van der Waals surface area contributed by atoms with Gasteiger partial charge in [-0.3, -0.25) is 0 Å². The molecule has 0 saturated heterocycles. The van der Waals surface area contributed by atoms with E-state index < -0.39 is 0 Å². The minimum atomic E-state index is 0.720. The normalized spacial score (nSPS) is 11.6. The molecule has 2 heterocycles. The van der Waals surface area contributed by atoms with Crippen molar-refractivity contribution in [2.45, 2.75) is 19.8 Å². The van der Waals surface area contributed by atoms with Gasteiger partial charge in [0, 0.05) is 33.0 Å². The van der Waals surface area contributed by atoms with Crippen LogP contribution >= 0.6 is 0 Å². The first kappa shape index (κ1) is 31.9. The van der Waals surface area contributed by atoms with Crippen LogP contribution < -0.4 is 0 Å². The van der Waals surface area contributed by atoms with Crippen LogP contribution in [0, 0.1) is 6.92 Å². The number of para-hydroxylation sites is 2. The molecule has 0 unspecified atom stereocenters. The van der Waals surface area contributed by atoms with Crippen LogP contribution in [-0.4, -0.2) is 14.5 Å². The number of benzene rings is 8. The van der Waals surface area contributed by atoms with E-state index in [1.165, 1.54) is 60.4 Å². The third-order valence-corrected chi connectivity index (χ3v) is 10.9. The number of aromatic nitrogens is 3. The molecular formula is C51H37N3. The van der Waals surface area contributed by atoms with E-state index in [-0.39, 0.29) is 0 Å². The second-order valence-corrected chi connectivity index (χ2v) is 14.1. The summed E-state index contributed by atoms with van der Waals surface area (Å²) in [5.74, 6) is 0.720. The van der Waals surface area contributed by atoms with E-state index in [0.29, 0.717) is 0 Å². The number of hydrogen-bond acceptors (Lipinski definition) is 2. The number of rotatable bonds is 7. The van der Waals surface area contributed by atoms with Crippen molar-refractivity contribution in [2.75, 3.05) is 0 Å². The number of nitrogens with zero attached hydrogens (tertiary/aromatic N) is 3. The van der Waals surface area contributed by atoms with Gasteiger partial charge < -0.3 is 4.57 Å². The quantitative estimate of drug-likeness (QED) is 0.167. The summed E-state index contributed by atoms with van der Waals surface area (Å²) >= 11 is 0. The molecule has 0 N–H and O–H groups in total. The van der Waals surface area contributed by atoms with E-state index in [1.807, 2.05) is 12.1 Å². The highest BCUT2D eigenvalue weighted by molar-refractivity contribution is 6.25. The average molecular weight is 692 g/mol. The lowest BCUT2D eigenvalue weighted by Crippen LogP contribution is -2.03. The molecule has 0 aliphatic heterocycles. The summed E-state index contributed by atoms with van der Waals surface area (Å²) in [5.41, 5.74) is 14.1. The lowest BCUT2D eigenvalue weighted by molar-refractivity contribution is 0.963. The largest absolute Gasteiger partial charge is 0.309 e. The van der Waals surface area contributed by atoms with Gasteiger partial charge in [0.15, 0.2) is 5.82 Å². The van der Waals surface area contributed by atoms with Crippen molar-refractivity contribution in [3.8, 4) is 39.5 Å². The molecule has 54 heavy (non-hydrogen) atoms. The highest BCUT2D eigenvalue weighted by Gasteiger charge is 2.24. The van der Waals surface area contributed by atoms with Crippen molar-refractivity contribution in [1.29, 1.82) is 0 Å². The third-order valence-electron chi connectivity index (χ3n) is 10.9. The van der Waals surface area contributed by atoms with Gasteiger partial charge >= 0.3 is 0 Å². The molecule has 8 aromatic carbocycles. The Kier molecular flexibility index (Phi) is 7.84. The summed E-state index contributed by atoms with van der Waals surface area (Å²) in [7, 11) is 0. The van der Waals surface area contributed by atoms with E-state index in [4.69, 9.17) is 9.97 Å². The molecule has 10 rings (SSSR count). The van der Waals surface area contributed by atoms with Gasteiger partial charge in [0.05, 0.1) is 22.2 Å². The summed E-state index contributed by atoms with van der Waals surface area (Å²) in [6.45, 7) is 2.24. The van der Waals surface area contributed by atoms with E-state index in [2.05, 4.69) is 181 Å². The van der Waals surface area contributed by atoms with E-state index >= 15 is 0 Å². The number of aryl methyl sites for hydroxylation is 3. The molecule has 0 spiro atoms. The summed E-state index contributed by atoms with van der Waals surface area (Å²) in [5, 5.41) is 6.18. The van der Waals surface area contributed by atoms with Crippen LogP contribution in [0.15, 0.2) is 182 Å². The number of hydrogen-bond donors (Lipinski definition) is 0. The van der Waals surface area contributed by atoms with Crippen LogP contribution in [-0.2, 0) is 12.8 Å². The van der Waals surface area contributed by atoms with Gasteiger partial charge in [-0.25, -0.2) is 9.97 Å². The standard InChI is InChI=1S/C51H37N3/c1-34-16-8-9-21-39(34)47-40-22-10-11-23-41(40)48-43-25-13-15-27-46(43)54(50(48)44(47)33-28-35-17-4-2-5-18-35)38-31-29-37(30-32-38)51-52-45-26-14-12-24-42(45)49(53-51)36-19-6-3-7-20-36/h2-27,29-32H,28,33H2,1H3. The van der Waals surface area contributed by atoms with Gasteiger partial charge in [0.25, 0.3) is 0 Å². The molecule has 0 bridgehead atoms. The van der Waals surface area contributed by atoms with E-state index in [1.54, 1.807) is 0 Å². The van der Waals surface area contributed by atoms with Crippen LogP contribution in [0.3, 0.4) is 0 Å². The van der Waals surface area contributed by atoms with E-state index in [9.17, 15) is 0 Å². The molecule has 0 radical (unpaired) electrons. The van der Waals surface area contributed by atoms with Crippen molar-refractivity contribution in [3.05, 3.63) is 199 Å². The predicted molar refractivity (Wildman–Crippen MR) is 226 cm³/mol. The second-order valence-electron chi connectivity index (χ2n) is 14.1. The van der Waals surface area contributed by atoms with Crippen LogP contribution in [0.25, 0.3) is 82.9 Å². The minimum Gasteiger partial charge on any atom is -0.309 e. The van der Waals surface area contributed by atoms with Crippen LogP contribution in [0.5, 0.6) is 0 Å². The summed E-state index contributed by atoms with van der Waals surface area (Å²) < 4.78 is 2.50. The molecule has 0 amide bonds. The molecule has 0 aliphatic carbocycles. The Bertz CT molecular complexity index is 2980. The first-order chi connectivity index (χ1) is 26.7. The molecular weight excluding hydrogens is 655 g/mol. The SMILES string of the molecule is Cc1ccccc1-c1c(CCc2ccccc2)c2c(c3ccccc13)c1ccccc1n2-c1ccc(-c2nc(-c3ccccc3)c3ccccc3n2)cc1. The van der Waals surface area contributed by atoms with Crippen LogP contribution in [0.4, 0.5) is 0 Å². The Balaban J connectivity index is 1.23. The van der Waals surface area contributed by atoms with Gasteiger partial charge in [-0.2, -0.15) is 0 Å². The maximum atomic E-state index is 5.17. The molecule has 3 nitrogen and oxygen atoms in total. The molecule has 0 saturated carbocycles. The molecule has 0 atom stereocenters. The third kappa shape index (κ3) is 5.36. The Hall–Kier alpha value is -6.84. The van der Waals surface area contributed by atoms with Gasteiger partial charge in [0.1, 0.15) is 0 Å². The van der Waals surface area contributed by atoms with E-state index in [0.717, 1.165) is 52.1 Å². The fourth-order valence-corrected chi connectivity index (χ4v) is 8.37. The Morgan fingerprint density at radius 3 is 1.89 bits per heavy atom. The lowest BCUT2D eigenvalue weighted by Gasteiger charge is -2.20. The van der Waals surface area contributed by atoms with Crippen molar-refractivity contribution in [1.82, 2.24) is 14.5 Å². The van der Waals surface area contributed by atoms with Crippen molar-refractivity contribution < 1.29 is 0 Å². The second kappa shape index (κ2) is 13.3. The average Bonchev–Trinajstić information content (AvgIpc) is 3.59. The molecule has 0 aliphatic rings. The first-order valence-corrected chi connectivity index (χ1v) is 18.7. The molecule has 10 aromatic rings. The Morgan fingerprint density at radius 2 is 1.11 bits per heavy atom. The van der Waals surface area contributed by atoms with Crippen molar-refractivity contribution >= 4 is 43.5 Å². The monoisotopic (exact) mass is 691 g/mol. The molecule has 0 fully saturated rings. The van der Waals surface area contributed by atoms with Gasteiger partial charge in [-0.1, -0.05) is 146 Å². The van der Waals surface area contributed by atoms with Crippen LogP contribution in [0.2, 0.25) is 0 Å². The predicted octanol–water partition coefficient (Wildman–Crippen LogP) is 13.0. The van der Waals surface area contributed by atoms with Gasteiger partial charge in [0.2, 0.25) is 0 Å². The Labute approximate surface area is 314 Å². The maximum absolute atomic E-state index is 5.17. The summed E-state index contributed by atoms with van der Waals surface area (Å²) in [6.07, 6.45) is 1.84. The molecule has 256 valence electrons. The smallest absolute Gasteiger partial charge is 0.160 e. The minimum absolute atomic E-state index is 0.720.